The zero-order valence-corrected chi connectivity index (χ0v) is 22.4. The van der Waals surface area contributed by atoms with Crippen LogP contribution in [0.25, 0.3) is 10.9 Å². The molecule has 2 aromatic heterocycles. The molecule has 0 bridgehead atoms. The van der Waals surface area contributed by atoms with Gasteiger partial charge in [0.25, 0.3) is 0 Å². The first-order chi connectivity index (χ1) is 18.4. The Hall–Kier alpha value is -3.88. The van der Waals surface area contributed by atoms with E-state index in [9.17, 15) is 14.4 Å². The van der Waals surface area contributed by atoms with Gasteiger partial charge in [0.15, 0.2) is 0 Å². The molecule has 0 atom stereocenters. The van der Waals surface area contributed by atoms with Crippen LogP contribution in [0, 0.1) is 0 Å². The maximum Gasteiger partial charge on any atom is 0.305 e. The third kappa shape index (κ3) is 8.61. The van der Waals surface area contributed by atoms with Crippen LogP contribution < -0.4 is 10.6 Å². The van der Waals surface area contributed by atoms with E-state index in [1.807, 2.05) is 13.0 Å². The minimum atomic E-state index is -0.968. The summed E-state index contributed by atoms with van der Waals surface area (Å²) in [6.45, 7) is 5.40. The van der Waals surface area contributed by atoms with Gasteiger partial charge in [-0.25, -0.2) is 4.98 Å². The van der Waals surface area contributed by atoms with Gasteiger partial charge >= 0.3 is 5.97 Å². The third-order valence-corrected chi connectivity index (χ3v) is 6.56. The van der Waals surface area contributed by atoms with E-state index in [1.54, 1.807) is 0 Å². The number of amides is 2. The Kier molecular flexibility index (Phi) is 11.1. The zero-order chi connectivity index (χ0) is 27.3. The minimum absolute atomic E-state index is 0.0457. The van der Waals surface area contributed by atoms with Crippen molar-refractivity contribution < 1.29 is 19.5 Å². The van der Waals surface area contributed by atoms with E-state index in [1.165, 1.54) is 26.9 Å². The number of hydrogen-bond acceptors (Lipinski definition) is 5. The highest BCUT2D eigenvalue weighted by molar-refractivity contribution is 5.85. The third-order valence-electron chi connectivity index (χ3n) is 6.56. The average Bonchev–Trinajstić information content (AvgIpc) is 3.35. The monoisotopic (exact) mass is 521 g/mol. The summed E-state index contributed by atoms with van der Waals surface area (Å²) in [6, 6.07) is 12.5. The van der Waals surface area contributed by atoms with Crippen LogP contribution in [0.3, 0.4) is 0 Å². The van der Waals surface area contributed by atoms with Crippen molar-refractivity contribution in [2.24, 2.45) is 0 Å². The van der Waals surface area contributed by atoms with Gasteiger partial charge in [-0.3, -0.25) is 14.4 Å². The van der Waals surface area contributed by atoms with E-state index in [4.69, 9.17) is 5.11 Å². The molecule has 0 fully saturated rings. The molecule has 0 spiro atoms. The lowest BCUT2D eigenvalue weighted by Crippen LogP contribution is -2.41. The number of carbonyl (C=O) groups excluding carboxylic acids is 2. The number of carbonyl (C=O) groups is 3. The molecule has 1 aliphatic heterocycles. The molecule has 0 saturated carbocycles. The summed E-state index contributed by atoms with van der Waals surface area (Å²) in [5, 5.41) is 15.8. The van der Waals surface area contributed by atoms with E-state index >= 15 is 0 Å². The molecule has 4 rings (SSSR count). The molecule has 3 heterocycles. The van der Waals surface area contributed by atoms with Crippen LogP contribution in [0.2, 0.25) is 0 Å². The van der Waals surface area contributed by atoms with Crippen molar-refractivity contribution in [1.29, 1.82) is 0 Å². The summed E-state index contributed by atoms with van der Waals surface area (Å²) >= 11 is 0. The number of anilines is 1. The number of H-pyrrole nitrogens is 1. The Labute approximate surface area is 224 Å². The number of rotatable bonds is 11. The molecule has 204 valence electrons. The topological polar surface area (TPSA) is 127 Å². The maximum atomic E-state index is 12.3. The van der Waals surface area contributed by atoms with Gasteiger partial charge < -0.3 is 25.6 Å². The largest absolute Gasteiger partial charge is 0.481 e. The second-order valence-corrected chi connectivity index (χ2v) is 9.31. The quantitative estimate of drug-likeness (QED) is 0.303. The van der Waals surface area contributed by atoms with Crippen molar-refractivity contribution in [3.63, 3.8) is 0 Å². The van der Waals surface area contributed by atoms with E-state index in [2.05, 4.69) is 64.1 Å². The summed E-state index contributed by atoms with van der Waals surface area (Å²) in [5.74, 6) is -0.432. The number of carboxylic acid groups (broad SMARTS) is 1. The number of para-hydroxylation sites is 1. The van der Waals surface area contributed by atoms with Crippen molar-refractivity contribution in [3.8, 4) is 0 Å². The number of carboxylic acids is 1. The van der Waals surface area contributed by atoms with Gasteiger partial charge in [0.2, 0.25) is 11.8 Å². The predicted octanol–water partition coefficient (Wildman–Crippen LogP) is 3.93. The number of pyridine rings is 1. The highest BCUT2D eigenvalue weighted by Gasteiger charge is 2.16. The summed E-state index contributed by atoms with van der Waals surface area (Å²) in [7, 11) is 0. The fourth-order valence-electron chi connectivity index (χ4n) is 4.43. The summed E-state index contributed by atoms with van der Waals surface area (Å²) < 4.78 is 0. The van der Waals surface area contributed by atoms with E-state index < -0.39 is 5.97 Å². The highest BCUT2D eigenvalue weighted by Crippen LogP contribution is 2.20. The van der Waals surface area contributed by atoms with Gasteiger partial charge in [0.05, 0.1) is 13.0 Å². The molecule has 4 N–H and O–H groups in total. The Morgan fingerprint density at radius 1 is 1.11 bits per heavy atom. The Balaban J connectivity index is 0.000000299. The van der Waals surface area contributed by atoms with Gasteiger partial charge in [0.1, 0.15) is 5.82 Å². The number of benzene rings is 1. The van der Waals surface area contributed by atoms with Gasteiger partial charge in [-0.15, -0.1) is 0 Å². The Bertz CT molecular complexity index is 1220. The van der Waals surface area contributed by atoms with Crippen LogP contribution >= 0.6 is 0 Å². The van der Waals surface area contributed by atoms with Gasteiger partial charge in [-0.05, 0) is 62.3 Å². The van der Waals surface area contributed by atoms with Crippen LogP contribution in [0.1, 0.15) is 56.4 Å². The van der Waals surface area contributed by atoms with Gasteiger partial charge in [-0.2, -0.15) is 0 Å². The fraction of sp³-hybridized carbons (Fsp3) is 0.448. The first-order valence-electron chi connectivity index (χ1n) is 13.4. The van der Waals surface area contributed by atoms with Crippen LogP contribution in [0.15, 0.2) is 42.6 Å². The number of fused-ring (bicyclic) bond motifs is 2. The smallest absolute Gasteiger partial charge is 0.305 e. The molecule has 0 saturated heterocycles. The molecular weight excluding hydrogens is 482 g/mol. The number of likely N-dealkylation sites (N-methyl/N-ethyl adjacent to an activating group) is 1. The molecule has 3 aromatic rings. The SMILES string of the molecule is CCN(CC(=O)NCCC(=O)O)C(=O)CCCc1ccc2c(n1)NCCC2.CCc1c[nH]c2ccccc12. The maximum absolute atomic E-state index is 12.3. The van der Waals surface area contributed by atoms with Crippen molar-refractivity contribution in [2.45, 2.75) is 58.8 Å². The van der Waals surface area contributed by atoms with Crippen molar-refractivity contribution >= 4 is 34.5 Å². The minimum Gasteiger partial charge on any atom is -0.481 e. The Morgan fingerprint density at radius 2 is 1.92 bits per heavy atom. The summed E-state index contributed by atoms with van der Waals surface area (Å²) in [5.41, 5.74) is 4.85. The number of aromatic amines is 1. The van der Waals surface area contributed by atoms with E-state index in [0.717, 1.165) is 37.3 Å². The van der Waals surface area contributed by atoms with Crippen molar-refractivity contribution in [2.75, 3.05) is 31.5 Å². The van der Waals surface area contributed by atoms with Crippen molar-refractivity contribution in [1.82, 2.24) is 20.2 Å². The molecule has 0 aliphatic carbocycles. The highest BCUT2D eigenvalue weighted by atomic mass is 16.4. The predicted molar refractivity (Wildman–Crippen MR) is 149 cm³/mol. The number of aliphatic carboxylic acids is 1. The number of nitrogens with one attached hydrogen (secondary N) is 3. The molecular formula is C29H39N5O4. The average molecular weight is 522 g/mol. The molecule has 9 nitrogen and oxygen atoms in total. The normalized spacial score (nSPS) is 12.1. The molecule has 2 amide bonds. The fourth-order valence-corrected chi connectivity index (χ4v) is 4.43. The van der Waals surface area contributed by atoms with Crippen LogP contribution in [-0.2, 0) is 33.6 Å². The lowest BCUT2D eigenvalue weighted by Gasteiger charge is -2.20. The molecule has 9 heteroatoms. The molecule has 1 aliphatic rings. The van der Waals surface area contributed by atoms with Crippen LogP contribution in [-0.4, -0.2) is 63.9 Å². The number of aromatic nitrogens is 2. The Morgan fingerprint density at radius 3 is 2.68 bits per heavy atom. The molecule has 0 unspecified atom stereocenters. The van der Waals surface area contributed by atoms with Crippen molar-refractivity contribution in [3.05, 3.63) is 59.4 Å². The molecule has 0 radical (unpaired) electrons. The number of aryl methyl sites for hydroxylation is 3. The summed E-state index contributed by atoms with van der Waals surface area (Å²) in [6.07, 6.45) is 6.96. The molecule has 1 aromatic carbocycles. The van der Waals surface area contributed by atoms with E-state index in [-0.39, 0.29) is 31.3 Å². The number of nitrogens with zero attached hydrogens (tertiary/aromatic N) is 2. The van der Waals surface area contributed by atoms with Crippen LogP contribution in [0.5, 0.6) is 0 Å². The van der Waals surface area contributed by atoms with Gasteiger partial charge in [0, 0.05) is 48.8 Å². The lowest BCUT2D eigenvalue weighted by molar-refractivity contribution is -0.138. The first kappa shape index (κ1) is 28.7. The zero-order valence-electron chi connectivity index (χ0n) is 22.4. The lowest BCUT2D eigenvalue weighted by atomic mass is 10.1. The second-order valence-electron chi connectivity index (χ2n) is 9.31. The van der Waals surface area contributed by atoms with Crippen LogP contribution in [0.4, 0.5) is 5.82 Å². The van der Waals surface area contributed by atoms with Gasteiger partial charge in [-0.1, -0.05) is 31.2 Å². The summed E-state index contributed by atoms with van der Waals surface area (Å²) in [4.78, 5) is 44.0. The second kappa shape index (κ2) is 14.8. The van der Waals surface area contributed by atoms with E-state index in [0.29, 0.717) is 25.8 Å². The standard InChI is InChI=1S/C19H28N4O4.C10H11N/c1-2-23(13-16(24)20-12-10-18(26)27)17(25)7-3-6-15-9-8-14-5-4-11-21-19(14)22-15;1-2-8-7-11-10-6-4-3-5-9(8)10/h8-9H,2-7,10-13H2,1H3,(H,20,24)(H,21,22)(H,26,27);3-7,11H,2H2,1H3. The number of hydrogen-bond donors (Lipinski definition) is 4. The first-order valence-corrected chi connectivity index (χ1v) is 13.4. The molecule has 38 heavy (non-hydrogen) atoms.